The molecule has 1 aliphatic rings. The maximum Gasteiger partial charge on any atom is 0.253 e. The fraction of sp³-hybridized carbons (Fsp3) is 0.160. The molecule has 1 fully saturated rings. The Bertz CT molecular complexity index is 1200. The van der Waals surface area contributed by atoms with Crippen LogP contribution in [0.1, 0.15) is 28.5 Å². The lowest BCUT2D eigenvalue weighted by Gasteiger charge is -2.17. The van der Waals surface area contributed by atoms with Crippen LogP contribution in [0.15, 0.2) is 85.5 Å². The molecule has 0 saturated carbocycles. The molecular weight excluding hydrogens is 400 g/mol. The largest absolute Gasteiger partial charge is 0.340 e. The minimum Gasteiger partial charge on any atom is -0.340 e. The Kier molecular flexibility index (Phi) is 5.53. The normalized spacial score (nSPS) is 15.5. The highest BCUT2D eigenvalue weighted by atomic mass is 16.2. The highest BCUT2D eigenvalue weighted by molar-refractivity contribution is 5.94. The van der Waals surface area contributed by atoms with Gasteiger partial charge >= 0.3 is 0 Å². The number of benzene rings is 1. The number of hydrogen-bond donors (Lipinski definition) is 1. The third kappa shape index (κ3) is 4.32. The number of hydrogen-bond acceptors (Lipinski definition) is 6. The molecule has 1 amide bonds. The molecule has 0 aliphatic carbocycles. The first-order chi connectivity index (χ1) is 15.8. The number of anilines is 2. The Morgan fingerprint density at radius 2 is 1.78 bits per heavy atom. The van der Waals surface area contributed by atoms with Gasteiger partial charge in [0.1, 0.15) is 11.6 Å². The second kappa shape index (κ2) is 8.93. The Labute approximate surface area is 186 Å². The predicted molar refractivity (Wildman–Crippen MR) is 122 cm³/mol. The molecule has 158 valence electrons. The van der Waals surface area contributed by atoms with Crippen molar-refractivity contribution in [1.82, 2.24) is 24.8 Å². The number of likely N-dealkylation sites (tertiary alicyclic amines) is 1. The van der Waals surface area contributed by atoms with Crippen molar-refractivity contribution in [3.63, 3.8) is 0 Å². The number of amides is 1. The summed E-state index contributed by atoms with van der Waals surface area (Å²) in [5, 5.41) is 3.38. The fourth-order valence-electron chi connectivity index (χ4n) is 3.88. The molecule has 1 N–H and O–H groups in total. The van der Waals surface area contributed by atoms with E-state index in [0.29, 0.717) is 18.7 Å². The zero-order chi connectivity index (χ0) is 21.8. The van der Waals surface area contributed by atoms with Gasteiger partial charge in [-0.15, -0.1) is 0 Å². The summed E-state index contributed by atoms with van der Waals surface area (Å²) in [4.78, 5) is 32.6. The molecule has 0 bridgehead atoms. The zero-order valence-corrected chi connectivity index (χ0v) is 17.4. The second-order valence-corrected chi connectivity index (χ2v) is 7.70. The standard InChI is InChI=1S/C25H22N6O/c32-25(18-8-12-26-13-9-18)31-14-10-20(17-31)24-29-22(19-5-4-11-27-16-19)15-23(30-24)28-21-6-2-1-3-7-21/h1-9,11-13,15-16,20H,10,14,17H2,(H,28,29,30)/t20-/m0/s1. The number of pyridine rings is 2. The Morgan fingerprint density at radius 3 is 2.56 bits per heavy atom. The van der Waals surface area contributed by atoms with Crippen LogP contribution in [0, 0.1) is 0 Å². The van der Waals surface area contributed by atoms with Crippen molar-refractivity contribution in [2.24, 2.45) is 0 Å². The molecule has 0 unspecified atom stereocenters. The zero-order valence-electron chi connectivity index (χ0n) is 17.4. The molecule has 1 aliphatic heterocycles. The molecule has 0 spiro atoms. The molecular formula is C25H22N6O. The summed E-state index contributed by atoms with van der Waals surface area (Å²) < 4.78 is 0. The van der Waals surface area contributed by atoms with Gasteiger partial charge < -0.3 is 10.2 Å². The van der Waals surface area contributed by atoms with Crippen LogP contribution in [-0.4, -0.2) is 43.8 Å². The van der Waals surface area contributed by atoms with Crippen LogP contribution in [0.3, 0.4) is 0 Å². The van der Waals surface area contributed by atoms with Gasteiger partial charge in [-0.1, -0.05) is 18.2 Å². The van der Waals surface area contributed by atoms with Gasteiger partial charge in [-0.05, 0) is 42.8 Å². The number of carbonyl (C=O) groups is 1. The van der Waals surface area contributed by atoms with Crippen LogP contribution in [-0.2, 0) is 0 Å². The summed E-state index contributed by atoms with van der Waals surface area (Å²) in [6, 6.07) is 19.2. The number of carbonyl (C=O) groups excluding carboxylic acids is 1. The predicted octanol–water partition coefficient (Wildman–Crippen LogP) is 4.31. The van der Waals surface area contributed by atoms with Crippen LogP contribution in [0.4, 0.5) is 11.5 Å². The van der Waals surface area contributed by atoms with Crippen LogP contribution in [0.5, 0.6) is 0 Å². The summed E-state index contributed by atoms with van der Waals surface area (Å²) in [7, 11) is 0. The van der Waals surface area contributed by atoms with E-state index in [4.69, 9.17) is 9.97 Å². The molecule has 32 heavy (non-hydrogen) atoms. The van der Waals surface area contributed by atoms with Crippen molar-refractivity contribution >= 4 is 17.4 Å². The van der Waals surface area contributed by atoms with E-state index in [1.165, 1.54) is 0 Å². The van der Waals surface area contributed by atoms with Crippen molar-refractivity contribution in [3.8, 4) is 11.3 Å². The molecule has 0 radical (unpaired) electrons. The Morgan fingerprint density at radius 1 is 0.938 bits per heavy atom. The second-order valence-electron chi connectivity index (χ2n) is 7.70. The van der Waals surface area contributed by atoms with Gasteiger partial charge in [-0.25, -0.2) is 9.97 Å². The van der Waals surface area contributed by atoms with E-state index in [9.17, 15) is 4.79 Å². The summed E-state index contributed by atoms with van der Waals surface area (Å²) in [5.74, 6) is 1.53. The quantitative estimate of drug-likeness (QED) is 0.516. The lowest BCUT2D eigenvalue weighted by Crippen LogP contribution is -2.28. The monoisotopic (exact) mass is 422 g/mol. The van der Waals surface area contributed by atoms with Gasteiger partial charge in [0, 0.05) is 66.7 Å². The Balaban J connectivity index is 1.44. The first-order valence-electron chi connectivity index (χ1n) is 10.6. The van der Waals surface area contributed by atoms with E-state index in [1.54, 1.807) is 36.9 Å². The third-order valence-electron chi connectivity index (χ3n) is 5.51. The number of para-hydroxylation sites is 1. The van der Waals surface area contributed by atoms with E-state index < -0.39 is 0 Å². The van der Waals surface area contributed by atoms with E-state index in [1.807, 2.05) is 53.4 Å². The van der Waals surface area contributed by atoms with Crippen molar-refractivity contribution in [3.05, 3.63) is 96.8 Å². The highest BCUT2D eigenvalue weighted by Gasteiger charge is 2.30. The molecule has 1 saturated heterocycles. The van der Waals surface area contributed by atoms with Gasteiger partial charge in [-0.3, -0.25) is 14.8 Å². The topological polar surface area (TPSA) is 83.9 Å². The van der Waals surface area contributed by atoms with Crippen LogP contribution in [0.25, 0.3) is 11.3 Å². The average molecular weight is 422 g/mol. The fourth-order valence-corrected chi connectivity index (χ4v) is 3.88. The SMILES string of the molecule is O=C(c1ccncc1)N1CC[C@H](c2nc(Nc3ccccc3)cc(-c3cccnc3)n2)C1. The summed E-state index contributed by atoms with van der Waals surface area (Å²) in [6.07, 6.45) is 7.64. The molecule has 1 aromatic carbocycles. The highest BCUT2D eigenvalue weighted by Crippen LogP contribution is 2.30. The Hall–Kier alpha value is -4.13. The van der Waals surface area contributed by atoms with E-state index in [0.717, 1.165) is 35.0 Å². The first kappa shape index (κ1) is 19.8. The molecule has 4 heterocycles. The summed E-state index contributed by atoms with van der Waals surface area (Å²) in [6.45, 7) is 1.26. The lowest BCUT2D eigenvalue weighted by molar-refractivity contribution is 0.0790. The van der Waals surface area contributed by atoms with E-state index in [2.05, 4.69) is 15.3 Å². The van der Waals surface area contributed by atoms with Gasteiger partial charge in [0.2, 0.25) is 0 Å². The van der Waals surface area contributed by atoms with Crippen molar-refractivity contribution in [2.45, 2.75) is 12.3 Å². The summed E-state index contributed by atoms with van der Waals surface area (Å²) >= 11 is 0. The molecule has 4 aromatic rings. The van der Waals surface area contributed by atoms with Gasteiger partial charge in [0.25, 0.3) is 5.91 Å². The van der Waals surface area contributed by atoms with Gasteiger partial charge in [0.05, 0.1) is 5.69 Å². The average Bonchev–Trinajstić information content (AvgIpc) is 3.36. The third-order valence-corrected chi connectivity index (χ3v) is 5.51. The number of nitrogens with zero attached hydrogens (tertiary/aromatic N) is 5. The first-order valence-corrected chi connectivity index (χ1v) is 10.6. The van der Waals surface area contributed by atoms with Crippen LogP contribution >= 0.6 is 0 Å². The maximum absolute atomic E-state index is 12.9. The molecule has 7 heteroatoms. The minimum absolute atomic E-state index is 0.0148. The van der Waals surface area contributed by atoms with Crippen molar-refractivity contribution in [1.29, 1.82) is 0 Å². The molecule has 3 aromatic heterocycles. The number of rotatable bonds is 5. The van der Waals surface area contributed by atoms with Crippen molar-refractivity contribution in [2.75, 3.05) is 18.4 Å². The molecule has 5 rings (SSSR count). The number of nitrogens with one attached hydrogen (secondary N) is 1. The maximum atomic E-state index is 12.9. The van der Waals surface area contributed by atoms with Crippen molar-refractivity contribution < 1.29 is 4.79 Å². The van der Waals surface area contributed by atoms with E-state index >= 15 is 0 Å². The van der Waals surface area contributed by atoms with Crippen LogP contribution < -0.4 is 5.32 Å². The molecule has 1 atom stereocenters. The summed E-state index contributed by atoms with van der Waals surface area (Å²) in [5.41, 5.74) is 3.34. The van der Waals surface area contributed by atoms with E-state index in [-0.39, 0.29) is 11.8 Å². The lowest BCUT2D eigenvalue weighted by atomic mass is 10.1. The van der Waals surface area contributed by atoms with Gasteiger partial charge in [-0.2, -0.15) is 0 Å². The van der Waals surface area contributed by atoms with Gasteiger partial charge in [0.15, 0.2) is 0 Å². The minimum atomic E-state index is 0.0148. The van der Waals surface area contributed by atoms with Crippen LogP contribution in [0.2, 0.25) is 0 Å². The number of aromatic nitrogens is 4. The molecule has 7 nitrogen and oxygen atoms in total. The smallest absolute Gasteiger partial charge is 0.253 e.